The van der Waals surface area contributed by atoms with Gasteiger partial charge in [-0.05, 0) is 60.8 Å². The summed E-state index contributed by atoms with van der Waals surface area (Å²) < 4.78 is 40.1. The van der Waals surface area contributed by atoms with Crippen LogP contribution in [0, 0.1) is 5.82 Å². The van der Waals surface area contributed by atoms with Crippen LogP contribution in [0.4, 0.5) is 14.9 Å². The van der Waals surface area contributed by atoms with Gasteiger partial charge in [0.1, 0.15) is 24.7 Å². The number of rotatable bonds is 5. The van der Waals surface area contributed by atoms with E-state index in [2.05, 4.69) is 15.7 Å². The Bertz CT molecular complexity index is 992. The molecule has 1 unspecified atom stereocenters. The standard InChI is InChI=1S/C21H25FN4O4S/c1-29-12-9-26-20(30-10-12)17(8-24-26)31(28)11-23-21(27)25-19-15-6-2-4-13(15)18(22)14-5-3-7-16(14)19/h8,12H,2-7,9-11H2,1H3,(H2,23,25,27)/t12-,31?/m1/s1. The van der Waals surface area contributed by atoms with E-state index >= 15 is 0 Å². The third kappa shape index (κ3) is 3.66. The number of carbonyl (C=O) groups excluding carboxylic acids is 1. The highest BCUT2D eigenvalue weighted by atomic mass is 32.2. The van der Waals surface area contributed by atoms with Crippen LogP contribution in [-0.2, 0) is 48.1 Å². The minimum Gasteiger partial charge on any atom is -0.610 e. The zero-order valence-corrected chi connectivity index (χ0v) is 18.1. The number of benzene rings is 1. The molecule has 2 heterocycles. The van der Waals surface area contributed by atoms with Crippen molar-refractivity contribution in [3.63, 3.8) is 0 Å². The minimum atomic E-state index is -1.52. The topological polar surface area (TPSA) is 100 Å². The first-order valence-electron chi connectivity index (χ1n) is 10.6. The molecule has 3 aliphatic rings. The largest absolute Gasteiger partial charge is 0.610 e. The van der Waals surface area contributed by atoms with Gasteiger partial charge in [-0.1, -0.05) is 0 Å². The molecule has 0 saturated heterocycles. The number of hydrogen-bond donors (Lipinski definition) is 2. The van der Waals surface area contributed by atoms with Crippen molar-refractivity contribution in [1.82, 2.24) is 15.1 Å². The number of hydrogen-bond acceptors (Lipinski definition) is 5. The van der Waals surface area contributed by atoms with Crippen LogP contribution < -0.4 is 15.4 Å². The molecule has 2 amide bonds. The van der Waals surface area contributed by atoms with Gasteiger partial charge in [-0.3, -0.25) is 5.32 Å². The fraction of sp³-hybridized carbons (Fsp3) is 0.524. The summed E-state index contributed by atoms with van der Waals surface area (Å²) in [7, 11) is 1.61. The van der Waals surface area contributed by atoms with Gasteiger partial charge in [0.15, 0.2) is 5.88 Å². The predicted molar refractivity (Wildman–Crippen MR) is 112 cm³/mol. The minimum absolute atomic E-state index is 0.0752. The van der Waals surface area contributed by atoms with Gasteiger partial charge in [0, 0.05) is 24.0 Å². The fourth-order valence-corrected chi connectivity index (χ4v) is 5.70. The van der Waals surface area contributed by atoms with Gasteiger partial charge < -0.3 is 19.3 Å². The van der Waals surface area contributed by atoms with E-state index in [-0.39, 0.29) is 17.8 Å². The van der Waals surface area contributed by atoms with Crippen molar-refractivity contribution in [1.29, 1.82) is 0 Å². The zero-order chi connectivity index (χ0) is 21.5. The number of fused-ring (bicyclic) bond motifs is 3. The average molecular weight is 449 g/mol. The molecule has 2 atom stereocenters. The summed E-state index contributed by atoms with van der Waals surface area (Å²) in [5.41, 5.74) is 4.08. The lowest BCUT2D eigenvalue weighted by Gasteiger charge is -2.23. The number of ether oxygens (including phenoxy) is 2. The molecule has 8 nitrogen and oxygen atoms in total. The van der Waals surface area contributed by atoms with E-state index in [1.165, 1.54) is 6.20 Å². The Morgan fingerprint density at radius 2 is 1.97 bits per heavy atom. The van der Waals surface area contributed by atoms with Gasteiger partial charge in [0.05, 0.1) is 6.54 Å². The van der Waals surface area contributed by atoms with Crippen molar-refractivity contribution in [3.8, 4) is 5.88 Å². The number of anilines is 1. The molecule has 2 aliphatic carbocycles. The van der Waals surface area contributed by atoms with E-state index in [9.17, 15) is 13.7 Å². The van der Waals surface area contributed by atoms with Gasteiger partial charge in [-0.25, -0.2) is 13.9 Å². The van der Waals surface area contributed by atoms with Crippen molar-refractivity contribution >= 4 is 22.9 Å². The van der Waals surface area contributed by atoms with E-state index < -0.39 is 17.2 Å². The Balaban J connectivity index is 1.26. The number of methoxy groups -OCH3 is 1. The second-order valence-corrected chi connectivity index (χ2v) is 9.52. The maximum absolute atomic E-state index is 14.8. The van der Waals surface area contributed by atoms with E-state index in [1.807, 2.05) is 0 Å². The number of halogens is 1. The smallest absolute Gasteiger partial charge is 0.322 e. The van der Waals surface area contributed by atoms with E-state index in [1.54, 1.807) is 11.8 Å². The summed E-state index contributed by atoms with van der Waals surface area (Å²) in [5.74, 6) is 0.296. The number of nitrogens with zero attached hydrogens (tertiary/aromatic N) is 2. The summed E-state index contributed by atoms with van der Waals surface area (Å²) >= 11 is -1.52. The van der Waals surface area contributed by atoms with Crippen molar-refractivity contribution < 1.29 is 23.2 Å². The molecule has 0 radical (unpaired) electrons. The van der Waals surface area contributed by atoms with Gasteiger partial charge >= 0.3 is 6.03 Å². The first-order valence-corrected chi connectivity index (χ1v) is 11.9. The highest BCUT2D eigenvalue weighted by molar-refractivity contribution is 7.91. The number of urea groups is 1. The molecule has 10 heteroatoms. The summed E-state index contributed by atoms with van der Waals surface area (Å²) in [5, 5.41) is 9.82. The van der Waals surface area contributed by atoms with Crippen LogP contribution in [0.2, 0.25) is 0 Å². The van der Waals surface area contributed by atoms with Crippen LogP contribution in [0.15, 0.2) is 11.1 Å². The number of carbonyl (C=O) groups is 1. The Labute approximate surface area is 182 Å². The second kappa shape index (κ2) is 8.33. The summed E-state index contributed by atoms with van der Waals surface area (Å²) in [4.78, 5) is 13.1. The van der Waals surface area contributed by atoms with Gasteiger partial charge in [0.25, 0.3) is 5.88 Å². The fourth-order valence-electron chi connectivity index (χ4n) is 4.75. The Kier molecular flexibility index (Phi) is 5.53. The third-order valence-corrected chi connectivity index (χ3v) is 7.47. The predicted octanol–water partition coefficient (Wildman–Crippen LogP) is 2.29. The number of aromatic nitrogens is 2. The van der Waals surface area contributed by atoms with Crippen LogP contribution in [0.3, 0.4) is 0 Å². The van der Waals surface area contributed by atoms with E-state index in [0.717, 1.165) is 53.6 Å². The highest BCUT2D eigenvalue weighted by Crippen LogP contribution is 2.40. The summed E-state index contributed by atoms with van der Waals surface area (Å²) in [6.07, 6.45) is 6.15. The Morgan fingerprint density at radius 1 is 1.29 bits per heavy atom. The lowest BCUT2D eigenvalue weighted by molar-refractivity contribution is 0.0165. The summed E-state index contributed by atoms with van der Waals surface area (Å²) in [6, 6.07) is -0.440. The SMILES string of the molecule is CO[C@H]1COc2c([S+]([O-])CNC(=O)Nc3c4c(c(F)c5c3CCC5)CCC4)cnn2C1. The maximum Gasteiger partial charge on any atom is 0.322 e. The van der Waals surface area contributed by atoms with Crippen molar-refractivity contribution in [2.75, 3.05) is 24.9 Å². The number of amides is 2. The second-order valence-electron chi connectivity index (χ2n) is 8.10. The summed E-state index contributed by atoms with van der Waals surface area (Å²) in [6.45, 7) is 0.888. The quantitative estimate of drug-likeness (QED) is 0.684. The molecular weight excluding hydrogens is 423 g/mol. The van der Waals surface area contributed by atoms with E-state index in [4.69, 9.17) is 9.47 Å². The Hall–Kier alpha value is -2.30. The van der Waals surface area contributed by atoms with E-state index in [0.29, 0.717) is 36.8 Å². The zero-order valence-electron chi connectivity index (χ0n) is 17.3. The van der Waals surface area contributed by atoms with Gasteiger partial charge in [-0.15, -0.1) is 0 Å². The first-order chi connectivity index (χ1) is 15.1. The molecule has 5 rings (SSSR count). The van der Waals surface area contributed by atoms with Gasteiger partial charge in [-0.2, -0.15) is 5.10 Å². The monoisotopic (exact) mass is 448 g/mol. The molecule has 1 aromatic heterocycles. The molecular formula is C21H25FN4O4S. The van der Waals surface area contributed by atoms with Crippen molar-refractivity contribution in [2.45, 2.75) is 56.1 Å². The molecule has 31 heavy (non-hydrogen) atoms. The first kappa shape index (κ1) is 20.6. The lowest BCUT2D eigenvalue weighted by atomic mass is 9.98. The molecule has 166 valence electrons. The molecule has 2 aromatic rings. The molecule has 0 fully saturated rings. The van der Waals surface area contributed by atoms with Crippen molar-refractivity contribution in [3.05, 3.63) is 34.3 Å². The Morgan fingerprint density at radius 3 is 2.65 bits per heavy atom. The average Bonchev–Trinajstić information content (AvgIpc) is 3.53. The van der Waals surface area contributed by atoms with Crippen LogP contribution in [0.5, 0.6) is 5.88 Å². The molecule has 2 N–H and O–H groups in total. The molecule has 1 aromatic carbocycles. The van der Waals surface area contributed by atoms with Crippen LogP contribution in [0.25, 0.3) is 0 Å². The van der Waals surface area contributed by atoms with Gasteiger partial charge in [0.2, 0.25) is 4.90 Å². The van der Waals surface area contributed by atoms with Crippen molar-refractivity contribution in [2.24, 2.45) is 0 Å². The van der Waals surface area contributed by atoms with Crippen LogP contribution in [0.1, 0.15) is 35.1 Å². The third-order valence-electron chi connectivity index (χ3n) is 6.29. The molecule has 1 aliphatic heterocycles. The lowest BCUT2D eigenvalue weighted by Crippen LogP contribution is -2.35. The molecule has 0 spiro atoms. The molecule has 0 bridgehead atoms. The molecule has 0 saturated carbocycles. The number of nitrogens with one attached hydrogen (secondary N) is 2. The highest BCUT2D eigenvalue weighted by Gasteiger charge is 2.31. The maximum atomic E-state index is 14.8. The normalized spacial score (nSPS) is 19.9. The van der Waals surface area contributed by atoms with Crippen LogP contribution in [-0.4, -0.2) is 46.1 Å². The van der Waals surface area contributed by atoms with Crippen LogP contribution >= 0.6 is 0 Å².